The summed E-state index contributed by atoms with van der Waals surface area (Å²) in [6.07, 6.45) is 0.958. The molecule has 1 aromatic heterocycles. The Morgan fingerprint density at radius 3 is 2.38 bits per heavy atom. The number of hydrogen-bond acceptors (Lipinski definition) is 5. The summed E-state index contributed by atoms with van der Waals surface area (Å²) in [5, 5.41) is 0.675. The number of fused-ring (bicyclic) bond motifs is 1. The van der Waals surface area contributed by atoms with Crippen LogP contribution >= 0.6 is 0 Å². The molecule has 0 amide bonds. The Kier molecular flexibility index (Phi) is 3.55. The number of ether oxygens (including phenoxy) is 2. The van der Waals surface area contributed by atoms with Crippen molar-refractivity contribution >= 4 is 17.0 Å². The maximum Gasteiger partial charge on any atom is 0.419 e. The van der Waals surface area contributed by atoms with Gasteiger partial charge in [-0.1, -0.05) is 18.2 Å². The summed E-state index contributed by atoms with van der Waals surface area (Å²) in [5.74, 6) is 0.0205. The Labute approximate surface area is 137 Å². The third kappa shape index (κ3) is 2.40. The van der Waals surface area contributed by atoms with E-state index in [1.807, 2.05) is 0 Å². The van der Waals surface area contributed by atoms with E-state index >= 15 is 0 Å². The van der Waals surface area contributed by atoms with Crippen LogP contribution in [0.2, 0.25) is 0 Å². The Balaban J connectivity index is 2.21. The molecule has 24 heavy (non-hydrogen) atoms. The topological polar surface area (TPSA) is 74.6 Å². The van der Waals surface area contributed by atoms with Crippen molar-refractivity contribution < 1.29 is 14.3 Å². The highest BCUT2D eigenvalue weighted by molar-refractivity contribution is 6.02. The first kappa shape index (κ1) is 16.0. The molecule has 6 heteroatoms. The Bertz CT molecular complexity index is 1010. The Morgan fingerprint density at radius 2 is 1.75 bits per heavy atom. The molecule has 0 N–H and O–H groups in total. The number of aromatic nitrogens is 1. The summed E-state index contributed by atoms with van der Waals surface area (Å²) < 4.78 is 11.8. The van der Waals surface area contributed by atoms with Gasteiger partial charge < -0.3 is 9.47 Å². The first-order valence-electron chi connectivity index (χ1n) is 7.45. The highest BCUT2D eigenvalue weighted by atomic mass is 16.6. The van der Waals surface area contributed by atoms with Crippen molar-refractivity contribution in [3.05, 3.63) is 50.9 Å². The van der Waals surface area contributed by atoms with Gasteiger partial charge in [0.05, 0.1) is 18.2 Å². The third-order valence-electron chi connectivity index (χ3n) is 3.64. The van der Waals surface area contributed by atoms with E-state index in [4.69, 9.17) is 9.47 Å². The van der Waals surface area contributed by atoms with Gasteiger partial charge in [-0.3, -0.25) is 14.2 Å². The van der Waals surface area contributed by atoms with E-state index in [0.717, 1.165) is 0 Å². The summed E-state index contributed by atoms with van der Waals surface area (Å²) in [6, 6.07) is 7.11. The van der Waals surface area contributed by atoms with E-state index in [1.54, 1.807) is 45.0 Å². The first-order valence-corrected chi connectivity index (χ1v) is 7.45. The third-order valence-corrected chi connectivity index (χ3v) is 3.64. The Hall–Kier alpha value is -2.89. The monoisotopic (exact) mass is 327 g/mol. The number of carbonyl (C=O) groups is 1. The number of benzene rings is 1. The van der Waals surface area contributed by atoms with Crippen LogP contribution in [0.1, 0.15) is 20.8 Å². The molecule has 0 saturated heterocycles. The predicted molar refractivity (Wildman–Crippen MR) is 90.5 cm³/mol. The minimum Gasteiger partial charge on any atom is -0.492 e. The zero-order valence-corrected chi connectivity index (χ0v) is 13.9. The van der Waals surface area contributed by atoms with Gasteiger partial charge in [-0.05, 0) is 26.8 Å². The molecular weight excluding hydrogens is 310 g/mol. The number of nitrogens with zero attached hydrogens (tertiary/aromatic N) is 1. The van der Waals surface area contributed by atoms with Crippen LogP contribution in [-0.2, 0) is 4.74 Å². The number of para-hydroxylation sites is 1. The zero-order chi connectivity index (χ0) is 17.6. The number of carbonyl (C=O) groups excluding carboxylic acids is 1. The molecule has 0 radical (unpaired) electrons. The SMILES string of the molecule is COc1c(-c2cn(C(=O)OC(C)(C)C)c3ccccc23)c(=O)c1=O. The van der Waals surface area contributed by atoms with Crippen molar-refractivity contribution in [1.29, 1.82) is 0 Å². The molecule has 0 saturated carbocycles. The summed E-state index contributed by atoms with van der Waals surface area (Å²) in [6.45, 7) is 5.32. The van der Waals surface area contributed by atoms with E-state index < -0.39 is 22.6 Å². The number of methoxy groups -OCH3 is 1. The summed E-state index contributed by atoms with van der Waals surface area (Å²) in [4.78, 5) is 36.0. The second-order valence-corrected chi connectivity index (χ2v) is 6.48. The Morgan fingerprint density at radius 1 is 1.08 bits per heavy atom. The standard InChI is InChI=1S/C18H17NO5/c1-18(2,3)24-17(22)19-9-11(10-7-5-6-8-12(10)19)13-14(20)15(21)16(13)23-4/h5-9H,1-4H3. The molecule has 0 spiro atoms. The van der Waals surface area contributed by atoms with Crippen molar-refractivity contribution in [2.24, 2.45) is 0 Å². The molecule has 0 aliphatic heterocycles. The van der Waals surface area contributed by atoms with Gasteiger partial charge in [0.25, 0.3) is 5.43 Å². The highest BCUT2D eigenvalue weighted by Gasteiger charge is 2.28. The lowest BCUT2D eigenvalue weighted by molar-refractivity contribution is 0.0544. The maximum absolute atomic E-state index is 12.5. The molecule has 0 aliphatic carbocycles. The van der Waals surface area contributed by atoms with E-state index in [0.29, 0.717) is 16.5 Å². The number of rotatable bonds is 2. The van der Waals surface area contributed by atoms with Gasteiger partial charge in [0.15, 0.2) is 5.75 Å². The molecule has 0 atom stereocenters. The lowest BCUT2D eigenvalue weighted by Gasteiger charge is -2.19. The fourth-order valence-electron chi connectivity index (χ4n) is 2.65. The van der Waals surface area contributed by atoms with Crippen LogP contribution in [0.25, 0.3) is 22.0 Å². The minimum atomic E-state index is -0.651. The molecule has 3 aromatic rings. The van der Waals surface area contributed by atoms with Gasteiger partial charge >= 0.3 is 6.09 Å². The van der Waals surface area contributed by atoms with Crippen LogP contribution in [0.3, 0.4) is 0 Å². The van der Waals surface area contributed by atoms with Gasteiger partial charge in [0.1, 0.15) is 5.60 Å². The second kappa shape index (κ2) is 5.33. The van der Waals surface area contributed by atoms with Crippen LogP contribution in [0.5, 0.6) is 5.75 Å². The van der Waals surface area contributed by atoms with Gasteiger partial charge in [-0.2, -0.15) is 0 Å². The second-order valence-electron chi connectivity index (χ2n) is 6.48. The molecule has 2 aromatic carbocycles. The molecule has 6 nitrogen and oxygen atoms in total. The van der Waals surface area contributed by atoms with Gasteiger partial charge in [0, 0.05) is 17.1 Å². The average Bonchev–Trinajstić information content (AvgIpc) is 2.89. The molecule has 0 unspecified atom stereocenters. The van der Waals surface area contributed by atoms with E-state index in [2.05, 4.69) is 0 Å². The molecule has 0 aliphatic rings. The van der Waals surface area contributed by atoms with Gasteiger partial charge in [-0.15, -0.1) is 0 Å². The molecule has 0 bridgehead atoms. The molecular formula is C18H17NO5. The zero-order valence-electron chi connectivity index (χ0n) is 13.9. The van der Waals surface area contributed by atoms with E-state index in [-0.39, 0.29) is 11.3 Å². The fraction of sp³-hybridized carbons (Fsp3) is 0.278. The fourth-order valence-corrected chi connectivity index (χ4v) is 2.65. The lowest BCUT2D eigenvalue weighted by atomic mass is 9.99. The highest BCUT2D eigenvalue weighted by Crippen LogP contribution is 2.34. The maximum atomic E-state index is 12.5. The van der Waals surface area contributed by atoms with Crippen molar-refractivity contribution in [3.63, 3.8) is 0 Å². The molecule has 0 fully saturated rings. The van der Waals surface area contributed by atoms with Gasteiger partial charge in [-0.25, -0.2) is 4.79 Å². The average molecular weight is 327 g/mol. The van der Waals surface area contributed by atoms with Crippen molar-refractivity contribution in [1.82, 2.24) is 4.57 Å². The number of hydrogen-bond donors (Lipinski definition) is 0. The first-order chi connectivity index (χ1) is 11.2. The van der Waals surface area contributed by atoms with Crippen molar-refractivity contribution in [3.8, 4) is 16.9 Å². The largest absolute Gasteiger partial charge is 0.492 e. The predicted octanol–water partition coefficient (Wildman–Crippen LogP) is 2.70. The molecule has 3 rings (SSSR count). The van der Waals surface area contributed by atoms with Gasteiger partial charge in [0.2, 0.25) is 5.43 Å². The van der Waals surface area contributed by atoms with Crippen LogP contribution in [0.4, 0.5) is 4.79 Å². The quantitative estimate of drug-likeness (QED) is 0.677. The molecule has 1 heterocycles. The molecule has 124 valence electrons. The van der Waals surface area contributed by atoms with E-state index in [1.165, 1.54) is 17.9 Å². The van der Waals surface area contributed by atoms with Crippen molar-refractivity contribution in [2.75, 3.05) is 7.11 Å². The summed E-state index contributed by atoms with van der Waals surface area (Å²) >= 11 is 0. The van der Waals surface area contributed by atoms with Crippen LogP contribution in [0.15, 0.2) is 40.1 Å². The van der Waals surface area contributed by atoms with Crippen LogP contribution in [-0.4, -0.2) is 23.4 Å². The normalized spacial score (nSPS) is 11.8. The smallest absolute Gasteiger partial charge is 0.419 e. The van der Waals surface area contributed by atoms with E-state index in [9.17, 15) is 14.4 Å². The summed E-state index contributed by atoms with van der Waals surface area (Å²) in [7, 11) is 1.34. The lowest BCUT2D eigenvalue weighted by Crippen LogP contribution is -2.34. The van der Waals surface area contributed by atoms with Crippen LogP contribution in [0, 0.1) is 0 Å². The van der Waals surface area contributed by atoms with Crippen molar-refractivity contribution in [2.45, 2.75) is 26.4 Å². The van der Waals surface area contributed by atoms with Crippen LogP contribution < -0.4 is 15.6 Å². The summed E-state index contributed by atoms with van der Waals surface area (Å²) in [5.41, 5.74) is -0.640. The minimum absolute atomic E-state index is 0.0205.